The number of rotatable bonds is 5. The van der Waals surface area contributed by atoms with E-state index in [0.717, 1.165) is 22.6 Å². The second-order valence-corrected chi connectivity index (χ2v) is 4.20. The van der Waals surface area contributed by atoms with Gasteiger partial charge in [-0.15, -0.1) is 0 Å². The van der Waals surface area contributed by atoms with Crippen molar-refractivity contribution in [1.82, 2.24) is 0 Å². The van der Waals surface area contributed by atoms with E-state index >= 15 is 0 Å². The van der Waals surface area contributed by atoms with Crippen LogP contribution in [0.2, 0.25) is 0 Å². The van der Waals surface area contributed by atoms with Crippen molar-refractivity contribution >= 4 is 5.57 Å². The van der Waals surface area contributed by atoms with E-state index in [1.807, 2.05) is 25.1 Å². The van der Waals surface area contributed by atoms with Gasteiger partial charge in [-0.3, -0.25) is 0 Å². The van der Waals surface area contributed by atoms with Crippen LogP contribution in [0, 0.1) is 0 Å². The Morgan fingerprint density at radius 1 is 1.11 bits per heavy atom. The van der Waals surface area contributed by atoms with Gasteiger partial charge in [0.05, 0.1) is 14.2 Å². The molecular formula is C15H18O4. The van der Waals surface area contributed by atoms with E-state index in [-0.39, 0.29) is 6.29 Å². The summed E-state index contributed by atoms with van der Waals surface area (Å²) in [6.45, 7) is 2.04. The van der Waals surface area contributed by atoms with Crippen LogP contribution in [0.5, 0.6) is 11.5 Å². The number of hydrogen-bond donors (Lipinski definition) is 0. The summed E-state index contributed by atoms with van der Waals surface area (Å²) < 4.78 is 21.0. The molecule has 2 rings (SSSR count). The molecular weight excluding hydrogens is 244 g/mol. The summed E-state index contributed by atoms with van der Waals surface area (Å²) in [6.07, 6.45) is 5.66. The Balaban J connectivity index is 2.12. The van der Waals surface area contributed by atoms with Crippen LogP contribution >= 0.6 is 0 Å². The van der Waals surface area contributed by atoms with Crippen molar-refractivity contribution in [3.05, 3.63) is 42.4 Å². The van der Waals surface area contributed by atoms with E-state index in [1.165, 1.54) is 0 Å². The molecule has 19 heavy (non-hydrogen) atoms. The zero-order valence-corrected chi connectivity index (χ0v) is 11.4. The first-order valence-corrected chi connectivity index (χ1v) is 6.09. The third kappa shape index (κ3) is 3.44. The predicted octanol–water partition coefficient (Wildman–Crippen LogP) is 3.34. The van der Waals surface area contributed by atoms with Crippen LogP contribution in [-0.2, 0) is 9.47 Å². The maximum absolute atomic E-state index is 5.26. The lowest BCUT2D eigenvalue weighted by Crippen LogP contribution is -2.05. The van der Waals surface area contributed by atoms with Gasteiger partial charge in [0.25, 0.3) is 0 Å². The molecule has 0 saturated heterocycles. The molecule has 0 aliphatic carbocycles. The van der Waals surface area contributed by atoms with Gasteiger partial charge in [0, 0.05) is 12.5 Å². The molecule has 1 aromatic carbocycles. The fourth-order valence-corrected chi connectivity index (χ4v) is 1.81. The molecule has 0 atom stereocenters. The van der Waals surface area contributed by atoms with Crippen molar-refractivity contribution in [2.45, 2.75) is 19.6 Å². The van der Waals surface area contributed by atoms with Gasteiger partial charge in [0.2, 0.25) is 6.29 Å². The van der Waals surface area contributed by atoms with Crippen molar-refractivity contribution in [1.29, 1.82) is 0 Å². The second kappa shape index (κ2) is 6.18. The minimum absolute atomic E-state index is 0.220. The van der Waals surface area contributed by atoms with E-state index in [4.69, 9.17) is 18.9 Å². The van der Waals surface area contributed by atoms with E-state index in [9.17, 15) is 0 Å². The van der Waals surface area contributed by atoms with Crippen LogP contribution in [-0.4, -0.2) is 20.5 Å². The third-order valence-electron chi connectivity index (χ3n) is 2.94. The quantitative estimate of drug-likeness (QED) is 0.815. The fourth-order valence-electron chi connectivity index (χ4n) is 1.81. The highest BCUT2D eigenvalue weighted by Gasteiger charge is 2.10. The van der Waals surface area contributed by atoms with E-state index in [1.54, 1.807) is 26.7 Å². The standard InChI is InChI=1S/C15H18O4/c1-11(4-5-15-18-6-7-19-15)12-8-13(16-2)10-14(9-12)17-3/h4,6-10,15H,5H2,1-3H3. The molecule has 4 heteroatoms. The van der Waals surface area contributed by atoms with Crippen molar-refractivity contribution in [3.63, 3.8) is 0 Å². The van der Waals surface area contributed by atoms with E-state index < -0.39 is 0 Å². The summed E-state index contributed by atoms with van der Waals surface area (Å²) in [5, 5.41) is 0. The summed E-state index contributed by atoms with van der Waals surface area (Å²) in [6, 6.07) is 5.80. The molecule has 0 aromatic heterocycles. The highest BCUT2D eigenvalue weighted by Crippen LogP contribution is 2.27. The van der Waals surface area contributed by atoms with Gasteiger partial charge in [-0.2, -0.15) is 0 Å². The zero-order valence-electron chi connectivity index (χ0n) is 11.4. The van der Waals surface area contributed by atoms with Gasteiger partial charge < -0.3 is 18.9 Å². The molecule has 0 spiro atoms. The number of methoxy groups -OCH3 is 2. The first-order chi connectivity index (χ1) is 9.22. The molecule has 0 radical (unpaired) electrons. The zero-order chi connectivity index (χ0) is 13.7. The molecule has 0 unspecified atom stereocenters. The molecule has 1 aromatic rings. The fraction of sp³-hybridized carbons (Fsp3) is 0.333. The topological polar surface area (TPSA) is 36.9 Å². The van der Waals surface area contributed by atoms with Gasteiger partial charge in [0.15, 0.2) is 0 Å². The normalized spacial score (nSPS) is 15.0. The van der Waals surface area contributed by atoms with Crippen LogP contribution < -0.4 is 9.47 Å². The summed E-state index contributed by atoms with van der Waals surface area (Å²) in [7, 11) is 3.28. The molecule has 1 heterocycles. The lowest BCUT2D eigenvalue weighted by atomic mass is 10.1. The van der Waals surface area contributed by atoms with Gasteiger partial charge in [0.1, 0.15) is 24.0 Å². The summed E-state index contributed by atoms with van der Waals surface area (Å²) in [5.74, 6) is 1.55. The molecule has 1 aliphatic heterocycles. The summed E-state index contributed by atoms with van der Waals surface area (Å²) in [5.41, 5.74) is 2.18. The lowest BCUT2D eigenvalue weighted by molar-refractivity contribution is -0.0187. The molecule has 0 bridgehead atoms. The minimum Gasteiger partial charge on any atom is -0.497 e. The molecule has 4 nitrogen and oxygen atoms in total. The average Bonchev–Trinajstić information content (AvgIpc) is 2.97. The molecule has 0 N–H and O–H groups in total. The first-order valence-electron chi connectivity index (χ1n) is 6.09. The number of hydrogen-bond acceptors (Lipinski definition) is 4. The largest absolute Gasteiger partial charge is 0.497 e. The number of benzene rings is 1. The second-order valence-electron chi connectivity index (χ2n) is 4.20. The Bertz CT molecular complexity index is 461. The Hall–Kier alpha value is -2.10. The molecule has 102 valence electrons. The van der Waals surface area contributed by atoms with Crippen molar-refractivity contribution < 1.29 is 18.9 Å². The number of allylic oxidation sites excluding steroid dienone is 1. The monoisotopic (exact) mass is 262 g/mol. The van der Waals surface area contributed by atoms with Gasteiger partial charge in [-0.05, 0) is 30.2 Å². The highest BCUT2D eigenvalue weighted by atomic mass is 16.7. The Morgan fingerprint density at radius 3 is 2.21 bits per heavy atom. The smallest absolute Gasteiger partial charge is 0.243 e. The minimum atomic E-state index is -0.220. The van der Waals surface area contributed by atoms with Gasteiger partial charge in [-0.1, -0.05) is 6.08 Å². The van der Waals surface area contributed by atoms with Crippen LogP contribution in [0.3, 0.4) is 0 Å². The molecule has 0 fully saturated rings. The summed E-state index contributed by atoms with van der Waals surface area (Å²) >= 11 is 0. The Kier molecular flexibility index (Phi) is 4.34. The predicted molar refractivity (Wildman–Crippen MR) is 72.9 cm³/mol. The first kappa shape index (κ1) is 13.3. The molecule has 0 amide bonds. The SMILES string of the molecule is COc1cc(OC)cc(C(C)=CCC2OC=CO2)c1. The van der Waals surface area contributed by atoms with Crippen molar-refractivity contribution in [2.75, 3.05) is 14.2 Å². The average molecular weight is 262 g/mol. The van der Waals surface area contributed by atoms with Gasteiger partial charge in [-0.25, -0.2) is 0 Å². The van der Waals surface area contributed by atoms with Crippen molar-refractivity contribution in [2.24, 2.45) is 0 Å². The van der Waals surface area contributed by atoms with Crippen LogP contribution in [0.4, 0.5) is 0 Å². The maximum atomic E-state index is 5.26. The number of ether oxygens (including phenoxy) is 4. The van der Waals surface area contributed by atoms with E-state index in [0.29, 0.717) is 6.42 Å². The van der Waals surface area contributed by atoms with E-state index in [2.05, 4.69) is 6.08 Å². The lowest BCUT2D eigenvalue weighted by Gasteiger charge is -2.10. The maximum Gasteiger partial charge on any atom is 0.243 e. The van der Waals surface area contributed by atoms with Crippen LogP contribution in [0.1, 0.15) is 18.9 Å². The Labute approximate surface area is 113 Å². The van der Waals surface area contributed by atoms with Gasteiger partial charge >= 0.3 is 0 Å². The van der Waals surface area contributed by atoms with Crippen LogP contribution in [0.15, 0.2) is 36.8 Å². The molecule has 1 aliphatic rings. The highest BCUT2D eigenvalue weighted by molar-refractivity contribution is 5.66. The van der Waals surface area contributed by atoms with Crippen LogP contribution in [0.25, 0.3) is 5.57 Å². The third-order valence-corrected chi connectivity index (χ3v) is 2.94. The molecule has 0 saturated carbocycles. The Morgan fingerprint density at radius 2 is 1.68 bits per heavy atom. The van der Waals surface area contributed by atoms with Crippen molar-refractivity contribution in [3.8, 4) is 11.5 Å². The summed E-state index contributed by atoms with van der Waals surface area (Å²) in [4.78, 5) is 0.